The van der Waals surface area contributed by atoms with E-state index in [-0.39, 0.29) is 28.9 Å². The second-order valence-electron chi connectivity index (χ2n) is 6.37. The van der Waals surface area contributed by atoms with Gasteiger partial charge >= 0.3 is 6.36 Å². The Morgan fingerprint density at radius 1 is 1.07 bits per heavy atom. The van der Waals surface area contributed by atoms with E-state index < -0.39 is 29.8 Å². The Kier molecular flexibility index (Phi) is 5.58. The predicted octanol–water partition coefficient (Wildman–Crippen LogP) is 4.23. The molecule has 6 nitrogen and oxygen atoms in total. The van der Waals surface area contributed by atoms with E-state index in [2.05, 4.69) is 10.1 Å². The van der Waals surface area contributed by atoms with E-state index >= 15 is 0 Å². The number of alkyl halides is 3. The van der Waals surface area contributed by atoms with Crippen molar-refractivity contribution in [2.24, 2.45) is 0 Å². The molecule has 1 aliphatic heterocycles. The van der Waals surface area contributed by atoms with Crippen LogP contribution in [0.15, 0.2) is 42.5 Å². The Balaban J connectivity index is 1.82. The lowest BCUT2D eigenvalue weighted by atomic mass is 10.1. The van der Waals surface area contributed by atoms with Crippen molar-refractivity contribution in [2.45, 2.75) is 26.1 Å². The smallest absolute Gasteiger partial charge is 0.404 e. The van der Waals surface area contributed by atoms with E-state index in [0.717, 1.165) is 17.4 Å². The molecule has 0 fully saturated rings. The number of unbranched alkanes of at least 4 members (excludes halogenated alkanes) is 1. The summed E-state index contributed by atoms with van der Waals surface area (Å²) < 4.78 is 41.5. The van der Waals surface area contributed by atoms with Crippen molar-refractivity contribution in [1.82, 2.24) is 4.90 Å². The second kappa shape index (κ2) is 7.94. The van der Waals surface area contributed by atoms with Gasteiger partial charge in [-0.1, -0.05) is 25.5 Å². The summed E-state index contributed by atoms with van der Waals surface area (Å²) in [4.78, 5) is 38.5. The Hall–Kier alpha value is -3.36. The highest BCUT2D eigenvalue weighted by Crippen LogP contribution is 2.31. The maximum atomic E-state index is 12.5. The normalized spacial score (nSPS) is 13.4. The molecule has 0 saturated heterocycles. The van der Waals surface area contributed by atoms with Crippen molar-refractivity contribution in [3.05, 3.63) is 59.2 Å². The second-order valence-corrected chi connectivity index (χ2v) is 6.37. The topological polar surface area (TPSA) is 75.7 Å². The summed E-state index contributed by atoms with van der Waals surface area (Å²) in [6.07, 6.45) is -3.45. The number of ether oxygens (including phenoxy) is 1. The van der Waals surface area contributed by atoms with E-state index in [0.29, 0.717) is 6.42 Å². The summed E-state index contributed by atoms with van der Waals surface area (Å²) in [7, 11) is 0. The number of anilines is 1. The Labute approximate surface area is 164 Å². The zero-order valence-electron chi connectivity index (χ0n) is 15.4. The molecule has 2 aromatic carbocycles. The van der Waals surface area contributed by atoms with Crippen molar-refractivity contribution < 1.29 is 32.3 Å². The van der Waals surface area contributed by atoms with Crippen molar-refractivity contribution in [3.63, 3.8) is 0 Å². The van der Waals surface area contributed by atoms with Gasteiger partial charge in [-0.25, -0.2) is 0 Å². The molecule has 3 rings (SSSR count). The van der Waals surface area contributed by atoms with Crippen molar-refractivity contribution in [1.29, 1.82) is 0 Å². The molecular formula is C20H17F3N2O4. The van der Waals surface area contributed by atoms with Gasteiger partial charge in [0.1, 0.15) is 0 Å². The number of nitrogens with zero attached hydrogens (tertiary/aromatic N) is 1. The number of fused-ring (bicyclic) bond motifs is 1. The van der Waals surface area contributed by atoms with Gasteiger partial charge in [0.15, 0.2) is 5.75 Å². The highest BCUT2D eigenvalue weighted by Gasteiger charge is 2.36. The van der Waals surface area contributed by atoms with Gasteiger partial charge in [-0.15, -0.1) is 13.2 Å². The number of amides is 3. The number of hydrogen-bond acceptors (Lipinski definition) is 4. The van der Waals surface area contributed by atoms with Gasteiger partial charge in [-0.05, 0) is 36.8 Å². The number of hydrogen-bond donors (Lipinski definition) is 1. The van der Waals surface area contributed by atoms with Crippen LogP contribution >= 0.6 is 0 Å². The molecule has 0 unspecified atom stereocenters. The minimum absolute atomic E-state index is 0.0315. The quantitative estimate of drug-likeness (QED) is 0.729. The van der Waals surface area contributed by atoms with E-state index in [9.17, 15) is 27.6 Å². The molecule has 29 heavy (non-hydrogen) atoms. The molecule has 0 spiro atoms. The van der Waals surface area contributed by atoms with Crippen LogP contribution in [-0.4, -0.2) is 35.5 Å². The van der Waals surface area contributed by atoms with Crippen molar-refractivity contribution in [3.8, 4) is 5.75 Å². The van der Waals surface area contributed by atoms with Crippen LogP contribution in [0.4, 0.5) is 18.9 Å². The molecule has 1 aliphatic rings. The van der Waals surface area contributed by atoms with Gasteiger partial charge in [0.2, 0.25) is 0 Å². The highest BCUT2D eigenvalue weighted by atomic mass is 19.4. The van der Waals surface area contributed by atoms with E-state index in [1.807, 2.05) is 6.92 Å². The van der Waals surface area contributed by atoms with Crippen molar-refractivity contribution >= 4 is 23.4 Å². The summed E-state index contributed by atoms with van der Waals surface area (Å²) in [5.74, 6) is -2.21. The van der Waals surface area contributed by atoms with Crippen LogP contribution in [-0.2, 0) is 0 Å². The molecule has 152 valence electrons. The molecule has 1 N–H and O–H groups in total. The first-order valence-electron chi connectivity index (χ1n) is 8.87. The monoisotopic (exact) mass is 406 g/mol. The standard InChI is InChI=1S/C20H17F3N2O4/c1-2-3-10-25-18(27)13-9-8-12(11-14(13)19(25)28)17(26)24-15-6-4-5-7-16(15)29-20(21,22)23/h4-9,11H,2-3,10H2,1H3,(H,24,26). The summed E-state index contributed by atoms with van der Waals surface area (Å²) in [5, 5.41) is 2.34. The molecule has 0 aromatic heterocycles. The summed E-state index contributed by atoms with van der Waals surface area (Å²) in [6, 6.07) is 9.08. The first-order valence-corrected chi connectivity index (χ1v) is 8.87. The number of rotatable bonds is 6. The fraction of sp³-hybridized carbons (Fsp3) is 0.250. The van der Waals surface area contributed by atoms with E-state index in [4.69, 9.17) is 0 Å². The SMILES string of the molecule is CCCCN1C(=O)c2ccc(C(=O)Nc3ccccc3OC(F)(F)F)cc2C1=O. The zero-order valence-corrected chi connectivity index (χ0v) is 15.4. The number of carbonyl (C=O) groups excluding carboxylic acids is 3. The third-order valence-electron chi connectivity index (χ3n) is 4.33. The number of benzene rings is 2. The third kappa shape index (κ3) is 4.39. The maximum absolute atomic E-state index is 12.5. The van der Waals surface area contributed by atoms with E-state index in [1.165, 1.54) is 36.4 Å². The minimum atomic E-state index is -4.91. The fourth-order valence-electron chi connectivity index (χ4n) is 2.93. The summed E-state index contributed by atoms with van der Waals surface area (Å²) in [6.45, 7) is 2.22. The van der Waals surface area contributed by atoms with Gasteiger partial charge < -0.3 is 10.1 Å². The van der Waals surface area contributed by atoms with Crippen LogP contribution in [0.5, 0.6) is 5.75 Å². The third-order valence-corrected chi connectivity index (χ3v) is 4.33. The van der Waals surface area contributed by atoms with Crippen LogP contribution in [0.1, 0.15) is 50.8 Å². The molecule has 0 aliphatic carbocycles. The number of para-hydroxylation sites is 2. The first-order chi connectivity index (χ1) is 13.7. The van der Waals surface area contributed by atoms with Gasteiger partial charge in [-0.3, -0.25) is 19.3 Å². The first kappa shape index (κ1) is 20.4. The van der Waals surface area contributed by atoms with Gasteiger partial charge in [0.25, 0.3) is 17.7 Å². The van der Waals surface area contributed by atoms with Gasteiger partial charge in [-0.2, -0.15) is 0 Å². The molecule has 0 saturated carbocycles. The molecular weight excluding hydrogens is 389 g/mol. The highest BCUT2D eigenvalue weighted by molar-refractivity contribution is 6.22. The fourth-order valence-corrected chi connectivity index (χ4v) is 2.93. The molecule has 3 amide bonds. The molecule has 0 bridgehead atoms. The Morgan fingerprint density at radius 2 is 1.76 bits per heavy atom. The zero-order chi connectivity index (χ0) is 21.2. The number of halogens is 3. The maximum Gasteiger partial charge on any atom is 0.573 e. The molecule has 0 radical (unpaired) electrons. The largest absolute Gasteiger partial charge is 0.573 e. The lowest BCUT2D eigenvalue weighted by Crippen LogP contribution is -2.30. The van der Waals surface area contributed by atoms with Crippen LogP contribution < -0.4 is 10.1 Å². The Morgan fingerprint density at radius 3 is 2.45 bits per heavy atom. The Bertz CT molecular complexity index is 972. The predicted molar refractivity (Wildman–Crippen MR) is 97.8 cm³/mol. The van der Waals surface area contributed by atoms with Gasteiger partial charge in [0.05, 0.1) is 16.8 Å². The number of carbonyl (C=O) groups is 3. The minimum Gasteiger partial charge on any atom is -0.404 e. The van der Waals surface area contributed by atoms with Crippen molar-refractivity contribution in [2.75, 3.05) is 11.9 Å². The van der Waals surface area contributed by atoms with Crippen LogP contribution in [0.25, 0.3) is 0 Å². The summed E-state index contributed by atoms with van der Waals surface area (Å²) in [5.41, 5.74) is 0.147. The molecule has 9 heteroatoms. The van der Waals surface area contributed by atoms with Crippen LogP contribution in [0, 0.1) is 0 Å². The summed E-state index contributed by atoms with van der Waals surface area (Å²) >= 11 is 0. The number of nitrogens with one attached hydrogen (secondary N) is 1. The number of imide groups is 1. The average Bonchev–Trinajstić information content (AvgIpc) is 2.90. The molecule has 1 heterocycles. The van der Waals surface area contributed by atoms with Crippen LogP contribution in [0.3, 0.4) is 0 Å². The average molecular weight is 406 g/mol. The molecule has 2 aromatic rings. The van der Waals surface area contributed by atoms with E-state index in [1.54, 1.807) is 0 Å². The van der Waals surface area contributed by atoms with Gasteiger partial charge in [0, 0.05) is 12.1 Å². The van der Waals surface area contributed by atoms with Crippen LogP contribution in [0.2, 0.25) is 0 Å². The lowest BCUT2D eigenvalue weighted by Gasteiger charge is -2.14. The lowest BCUT2D eigenvalue weighted by molar-refractivity contribution is -0.274. The molecule has 0 atom stereocenters.